The zero-order valence-corrected chi connectivity index (χ0v) is 12.1. The van der Waals surface area contributed by atoms with E-state index in [-0.39, 0.29) is 5.38 Å². The van der Waals surface area contributed by atoms with Crippen molar-refractivity contribution in [2.75, 3.05) is 0 Å². The van der Waals surface area contributed by atoms with Gasteiger partial charge in [-0.15, -0.1) is 22.9 Å². The minimum atomic E-state index is 0.0364. The molecule has 1 aromatic rings. The fourth-order valence-electron chi connectivity index (χ4n) is 2.40. The summed E-state index contributed by atoms with van der Waals surface area (Å²) in [7, 11) is 0. The molecule has 0 aliphatic heterocycles. The molecule has 0 N–H and O–H groups in total. The molecule has 1 saturated carbocycles. The molecule has 0 nitrogen and oxygen atoms in total. The normalized spacial score (nSPS) is 20.7. The summed E-state index contributed by atoms with van der Waals surface area (Å²) >= 11 is 20.1. The van der Waals surface area contributed by atoms with Crippen molar-refractivity contribution in [2.45, 2.75) is 43.9 Å². The Bertz CT molecular complexity index is 340. The maximum atomic E-state index is 6.54. The van der Waals surface area contributed by atoms with Gasteiger partial charge in [0.15, 0.2) is 0 Å². The Kier molecular flexibility index (Phi) is 4.84. The first kappa shape index (κ1) is 13.0. The van der Waals surface area contributed by atoms with Gasteiger partial charge in [-0.05, 0) is 24.8 Å². The monoisotopic (exact) mass is 296 g/mol. The SMILES string of the molecule is Clc1cc(C(Cl)C2CCCCCC2)c(Cl)s1. The molecule has 0 bridgehead atoms. The molecule has 4 heteroatoms. The molecule has 90 valence electrons. The van der Waals surface area contributed by atoms with Crippen LogP contribution in [0, 0.1) is 5.92 Å². The van der Waals surface area contributed by atoms with Crippen molar-refractivity contribution in [3.63, 3.8) is 0 Å². The van der Waals surface area contributed by atoms with Crippen molar-refractivity contribution >= 4 is 46.1 Å². The number of hydrogen-bond acceptors (Lipinski definition) is 1. The molecule has 0 saturated heterocycles. The molecule has 1 unspecified atom stereocenters. The summed E-state index contributed by atoms with van der Waals surface area (Å²) in [5, 5.41) is 0.0364. The molecule has 1 atom stereocenters. The predicted molar refractivity (Wildman–Crippen MR) is 74.1 cm³/mol. The number of halogens is 3. The number of rotatable bonds is 2. The van der Waals surface area contributed by atoms with E-state index in [0.29, 0.717) is 5.92 Å². The first-order chi connectivity index (χ1) is 7.68. The standard InChI is InChI=1S/C12H15Cl3S/c13-10-7-9(12(15)16-10)11(14)8-5-3-1-2-4-6-8/h7-8,11H,1-6H2. The van der Waals surface area contributed by atoms with Gasteiger partial charge in [0.2, 0.25) is 0 Å². The molecule has 1 aliphatic carbocycles. The van der Waals surface area contributed by atoms with Crippen LogP contribution in [-0.2, 0) is 0 Å². The molecule has 0 radical (unpaired) electrons. The van der Waals surface area contributed by atoms with E-state index in [4.69, 9.17) is 34.8 Å². The summed E-state index contributed by atoms with van der Waals surface area (Å²) in [6.45, 7) is 0. The van der Waals surface area contributed by atoms with Gasteiger partial charge in [-0.2, -0.15) is 0 Å². The molecule has 0 amide bonds. The molecule has 2 rings (SSSR count). The van der Waals surface area contributed by atoms with Crippen molar-refractivity contribution in [1.82, 2.24) is 0 Å². The average Bonchev–Trinajstić information content (AvgIpc) is 2.49. The van der Waals surface area contributed by atoms with E-state index in [1.165, 1.54) is 49.9 Å². The van der Waals surface area contributed by atoms with Gasteiger partial charge in [0, 0.05) is 5.56 Å². The van der Waals surface area contributed by atoms with E-state index in [9.17, 15) is 0 Å². The Balaban J connectivity index is 2.10. The summed E-state index contributed by atoms with van der Waals surface area (Å²) in [5.74, 6) is 0.562. The number of alkyl halides is 1. The van der Waals surface area contributed by atoms with Gasteiger partial charge in [0.05, 0.1) is 14.0 Å². The molecule has 0 aromatic carbocycles. The van der Waals surface area contributed by atoms with Gasteiger partial charge in [-0.3, -0.25) is 0 Å². The molecular weight excluding hydrogens is 283 g/mol. The van der Waals surface area contributed by atoms with E-state index < -0.39 is 0 Å². The van der Waals surface area contributed by atoms with Crippen LogP contribution in [0.1, 0.15) is 49.5 Å². The summed E-state index contributed by atoms with van der Waals surface area (Å²) < 4.78 is 1.49. The van der Waals surface area contributed by atoms with Gasteiger partial charge < -0.3 is 0 Å². The zero-order valence-electron chi connectivity index (χ0n) is 9.02. The van der Waals surface area contributed by atoms with Crippen LogP contribution in [0.15, 0.2) is 6.07 Å². The van der Waals surface area contributed by atoms with Crippen molar-refractivity contribution < 1.29 is 0 Å². The number of thiophene rings is 1. The molecule has 0 spiro atoms. The summed E-state index contributed by atoms with van der Waals surface area (Å²) in [6.07, 6.45) is 7.72. The third kappa shape index (κ3) is 3.07. The Morgan fingerprint density at radius 2 is 1.75 bits per heavy atom. The lowest BCUT2D eigenvalue weighted by molar-refractivity contribution is 0.445. The summed E-state index contributed by atoms with van der Waals surface area (Å²) in [4.78, 5) is 0. The minimum absolute atomic E-state index is 0.0364. The highest BCUT2D eigenvalue weighted by Crippen LogP contribution is 2.44. The van der Waals surface area contributed by atoms with Gasteiger partial charge in [0.1, 0.15) is 0 Å². The van der Waals surface area contributed by atoms with Crippen molar-refractivity contribution in [2.24, 2.45) is 5.92 Å². The largest absolute Gasteiger partial charge is 0.117 e. The van der Waals surface area contributed by atoms with Crippen LogP contribution in [0.5, 0.6) is 0 Å². The first-order valence-electron chi connectivity index (χ1n) is 5.77. The Morgan fingerprint density at radius 1 is 1.12 bits per heavy atom. The Labute approximate surface area is 116 Å². The van der Waals surface area contributed by atoms with E-state index in [0.717, 1.165) is 14.2 Å². The highest BCUT2D eigenvalue weighted by atomic mass is 35.5. The molecule has 1 fully saturated rings. The van der Waals surface area contributed by atoms with Crippen LogP contribution in [0.2, 0.25) is 8.67 Å². The molecule has 1 aromatic heterocycles. The van der Waals surface area contributed by atoms with Crippen LogP contribution in [0.3, 0.4) is 0 Å². The fraction of sp³-hybridized carbons (Fsp3) is 0.667. The van der Waals surface area contributed by atoms with Gasteiger partial charge in [0.25, 0.3) is 0 Å². The fourth-order valence-corrected chi connectivity index (χ4v) is 4.49. The van der Waals surface area contributed by atoms with E-state index >= 15 is 0 Å². The van der Waals surface area contributed by atoms with E-state index in [1.54, 1.807) is 0 Å². The lowest BCUT2D eigenvalue weighted by Gasteiger charge is -2.20. The van der Waals surface area contributed by atoms with E-state index in [1.807, 2.05) is 6.07 Å². The van der Waals surface area contributed by atoms with Gasteiger partial charge in [-0.1, -0.05) is 48.9 Å². The minimum Gasteiger partial charge on any atom is -0.117 e. The van der Waals surface area contributed by atoms with E-state index in [2.05, 4.69) is 0 Å². The quantitative estimate of drug-likeness (QED) is 0.443. The maximum Gasteiger partial charge on any atom is 0.0991 e. The van der Waals surface area contributed by atoms with Crippen molar-refractivity contribution in [1.29, 1.82) is 0 Å². The second-order valence-corrected chi connectivity index (χ2v) is 7.19. The average molecular weight is 298 g/mol. The lowest BCUT2D eigenvalue weighted by atomic mass is 9.93. The van der Waals surface area contributed by atoms with Crippen molar-refractivity contribution in [3.8, 4) is 0 Å². The van der Waals surface area contributed by atoms with Crippen molar-refractivity contribution in [3.05, 3.63) is 20.3 Å². The molecule has 16 heavy (non-hydrogen) atoms. The highest BCUT2D eigenvalue weighted by Gasteiger charge is 2.25. The van der Waals surface area contributed by atoms with Gasteiger partial charge in [-0.25, -0.2) is 0 Å². The van der Waals surface area contributed by atoms with Crippen LogP contribution in [0.4, 0.5) is 0 Å². The molecule has 1 heterocycles. The second kappa shape index (κ2) is 5.95. The highest BCUT2D eigenvalue weighted by molar-refractivity contribution is 7.20. The molecular formula is C12H15Cl3S. The van der Waals surface area contributed by atoms with Crippen LogP contribution in [0.25, 0.3) is 0 Å². The molecule has 1 aliphatic rings. The zero-order chi connectivity index (χ0) is 11.5. The third-order valence-electron chi connectivity index (χ3n) is 3.29. The van der Waals surface area contributed by atoms with Crippen LogP contribution < -0.4 is 0 Å². The van der Waals surface area contributed by atoms with Crippen LogP contribution >= 0.6 is 46.1 Å². The lowest BCUT2D eigenvalue weighted by Crippen LogP contribution is -2.06. The predicted octanol–water partition coefficient (Wildman–Crippen LogP) is 6.31. The van der Waals surface area contributed by atoms with Crippen LogP contribution in [-0.4, -0.2) is 0 Å². The summed E-state index contributed by atoms with van der Waals surface area (Å²) in [6, 6.07) is 1.93. The van der Waals surface area contributed by atoms with Gasteiger partial charge >= 0.3 is 0 Å². The number of hydrogen-bond donors (Lipinski definition) is 0. The second-order valence-electron chi connectivity index (χ2n) is 4.43. The Hall–Kier alpha value is 0.570. The maximum absolute atomic E-state index is 6.54. The third-order valence-corrected chi connectivity index (χ3v) is 5.40. The summed E-state index contributed by atoms with van der Waals surface area (Å²) in [5.41, 5.74) is 1.03. The topological polar surface area (TPSA) is 0 Å². The smallest absolute Gasteiger partial charge is 0.0991 e. The first-order valence-corrected chi connectivity index (χ1v) is 7.78. The Morgan fingerprint density at radius 3 is 2.25 bits per heavy atom.